The van der Waals surface area contributed by atoms with Gasteiger partial charge in [-0.1, -0.05) is 62.5 Å². The lowest BCUT2D eigenvalue weighted by molar-refractivity contribution is -0.137. The van der Waals surface area contributed by atoms with Crippen molar-refractivity contribution in [2.45, 2.75) is 57.8 Å². The van der Waals surface area contributed by atoms with Gasteiger partial charge < -0.3 is 10.1 Å². The molecule has 7 heteroatoms. The van der Waals surface area contributed by atoms with Crippen LogP contribution >= 0.6 is 24.0 Å². The first-order chi connectivity index (χ1) is 12.6. The van der Waals surface area contributed by atoms with Crippen molar-refractivity contribution in [1.29, 1.82) is 0 Å². The van der Waals surface area contributed by atoms with Crippen molar-refractivity contribution >= 4 is 46.3 Å². The fourth-order valence-electron chi connectivity index (χ4n) is 2.87. The summed E-state index contributed by atoms with van der Waals surface area (Å²) in [5.41, 5.74) is 0.911. The van der Waals surface area contributed by atoms with Gasteiger partial charge in [-0.2, -0.15) is 0 Å². The smallest absolute Gasteiger partial charge is 0.303 e. The molecular formula is C19H26N2O3S2. The summed E-state index contributed by atoms with van der Waals surface area (Å²) in [6.07, 6.45) is 12.3. The van der Waals surface area contributed by atoms with Crippen LogP contribution in [0.3, 0.4) is 0 Å². The highest BCUT2D eigenvalue weighted by molar-refractivity contribution is 8.26. The van der Waals surface area contributed by atoms with Crippen molar-refractivity contribution in [3.8, 4) is 0 Å². The molecule has 0 atom stereocenters. The third-order valence-electron chi connectivity index (χ3n) is 4.30. The molecule has 0 bridgehead atoms. The number of hydrogen-bond donors (Lipinski definition) is 2. The van der Waals surface area contributed by atoms with Gasteiger partial charge in [0.05, 0.1) is 4.91 Å². The summed E-state index contributed by atoms with van der Waals surface area (Å²) in [4.78, 5) is 28.3. The molecule has 0 aromatic carbocycles. The highest BCUT2D eigenvalue weighted by atomic mass is 32.2. The lowest BCUT2D eigenvalue weighted by Gasteiger charge is -2.14. The minimum atomic E-state index is -0.705. The monoisotopic (exact) mass is 394 g/mol. The second-order valence-electron chi connectivity index (χ2n) is 6.43. The fourth-order valence-corrected chi connectivity index (χ4v) is 4.17. The largest absolute Gasteiger partial charge is 0.481 e. The molecule has 1 saturated heterocycles. The van der Waals surface area contributed by atoms with Gasteiger partial charge in [0.2, 0.25) is 0 Å². The normalized spacial score (nSPS) is 16.0. The van der Waals surface area contributed by atoms with Gasteiger partial charge in [-0.25, -0.2) is 0 Å². The zero-order chi connectivity index (χ0) is 18.8. The van der Waals surface area contributed by atoms with Gasteiger partial charge in [0, 0.05) is 24.9 Å². The lowest BCUT2D eigenvalue weighted by Crippen LogP contribution is -2.29. The number of carboxylic acids is 1. The second kappa shape index (κ2) is 11.2. The van der Waals surface area contributed by atoms with Crippen LogP contribution in [-0.4, -0.2) is 37.7 Å². The molecule has 0 spiro atoms. The van der Waals surface area contributed by atoms with Crippen LogP contribution in [0.2, 0.25) is 0 Å². The summed E-state index contributed by atoms with van der Waals surface area (Å²) in [5, 5.41) is 8.58. The van der Waals surface area contributed by atoms with Gasteiger partial charge >= 0.3 is 5.97 Å². The summed E-state index contributed by atoms with van der Waals surface area (Å²) in [6, 6.07) is 3.83. The molecule has 1 aliphatic rings. The molecular weight excluding hydrogens is 368 g/mol. The van der Waals surface area contributed by atoms with Crippen molar-refractivity contribution in [2.24, 2.45) is 0 Å². The standard InChI is InChI=1S/C19H26N2O3S2/c22-17(23)11-7-5-3-1-2-4-6-8-13-21-18(24)16(26-19(21)25)14-15-10-9-12-20-15/h9-10,12,14,20H,1-8,11,13H2,(H,22,23)/b16-14+. The van der Waals surface area contributed by atoms with E-state index in [1.807, 2.05) is 24.4 Å². The highest BCUT2D eigenvalue weighted by Gasteiger charge is 2.31. The third-order valence-corrected chi connectivity index (χ3v) is 5.68. The third kappa shape index (κ3) is 6.96. The maximum atomic E-state index is 12.5. The molecule has 0 aliphatic carbocycles. The molecule has 5 nitrogen and oxygen atoms in total. The zero-order valence-electron chi connectivity index (χ0n) is 14.9. The number of rotatable bonds is 12. The molecule has 0 saturated carbocycles. The Kier molecular flexibility index (Phi) is 8.91. The molecule has 1 aromatic rings. The van der Waals surface area contributed by atoms with Crippen LogP contribution < -0.4 is 0 Å². The average Bonchev–Trinajstić information content (AvgIpc) is 3.19. The van der Waals surface area contributed by atoms with Crippen LogP contribution in [0.15, 0.2) is 23.2 Å². The van der Waals surface area contributed by atoms with Crippen molar-refractivity contribution in [2.75, 3.05) is 6.54 Å². The predicted molar refractivity (Wildman–Crippen MR) is 110 cm³/mol. The van der Waals surface area contributed by atoms with Crippen LogP contribution in [0.5, 0.6) is 0 Å². The molecule has 1 aliphatic heterocycles. The van der Waals surface area contributed by atoms with Gasteiger partial charge in [0.1, 0.15) is 4.32 Å². The first kappa shape index (κ1) is 20.7. The topological polar surface area (TPSA) is 73.4 Å². The van der Waals surface area contributed by atoms with E-state index < -0.39 is 5.97 Å². The van der Waals surface area contributed by atoms with Crippen molar-refractivity contribution in [3.63, 3.8) is 0 Å². The van der Waals surface area contributed by atoms with E-state index in [1.54, 1.807) is 4.90 Å². The number of nitrogens with zero attached hydrogens (tertiary/aromatic N) is 1. The Morgan fingerprint density at radius 1 is 1.15 bits per heavy atom. The Hall–Kier alpha value is -1.60. The van der Waals surface area contributed by atoms with Gasteiger partial charge in [0.25, 0.3) is 5.91 Å². The number of aromatic nitrogens is 1. The Morgan fingerprint density at radius 2 is 1.81 bits per heavy atom. The molecule has 0 radical (unpaired) electrons. The van der Waals surface area contributed by atoms with E-state index in [2.05, 4.69) is 4.98 Å². The van der Waals surface area contributed by atoms with E-state index in [-0.39, 0.29) is 12.3 Å². The molecule has 2 rings (SSSR count). The summed E-state index contributed by atoms with van der Waals surface area (Å²) >= 11 is 6.71. The van der Waals surface area contributed by atoms with Crippen molar-refractivity contribution < 1.29 is 14.7 Å². The number of carbonyl (C=O) groups excluding carboxylic acids is 1. The van der Waals surface area contributed by atoms with Crippen LogP contribution in [0.4, 0.5) is 0 Å². The molecule has 1 fully saturated rings. The van der Waals surface area contributed by atoms with Crippen molar-refractivity contribution in [1.82, 2.24) is 9.88 Å². The van der Waals surface area contributed by atoms with Gasteiger partial charge in [-0.15, -0.1) is 0 Å². The molecule has 2 heterocycles. The number of aliphatic carboxylic acids is 1. The number of H-pyrrole nitrogens is 1. The van der Waals surface area contributed by atoms with E-state index in [0.29, 0.717) is 15.8 Å². The van der Waals surface area contributed by atoms with E-state index in [1.165, 1.54) is 11.8 Å². The molecule has 1 aromatic heterocycles. The van der Waals surface area contributed by atoms with Gasteiger partial charge in [0.15, 0.2) is 0 Å². The SMILES string of the molecule is O=C(O)CCCCCCCCCCN1C(=O)/C(=C\c2ccc[nH]2)SC1=S. The van der Waals surface area contributed by atoms with Gasteiger partial charge in [-0.05, 0) is 31.1 Å². The number of aromatic amines is 1. The summed E-state index contributed by atoms with van der Waals surface area (Å²) in [5.74, 6) is -0.698. The average molecular weight is 395 g/mol. The van der Waals surface area contributed by atoms with Crippen LogP contribution in [0.1, 0.15) is 63.5 Å². The van der Waals surface area contributed by atoms with E-state index in [9.17, 15) is 9.59 Å². The summed E-state index contributed by atoms with van der Waals surface area (Å²) < 4.78 is 0.645. The Morgan fingerprint density at radius 3 is 2.42 bits per heavy atom. The number of carbonyl (C=O) groups is 2. The summed E-state index contributed by atoms with van der Waals surface area (Å²) in [7, 11) is 0. The number of nitrogens with one attached hydrogen (secondary N) is 1. The maximum Gasteiger partial charge on any atom is 0.303 e. The number of amides is 1. The maximum absolute atomic E-state index is 12.5. The Labute approximate surface area is 164 Å². The number of thioether (sulfide) groups is 1. The Bertz CT molecular complexity index is 641. The minimum Gasteiger partial charge on any atom is -0.481 e. The summed E-state index contributed by atoms with van der Waals surface area (Å²) in [6.45, 7) is 0.686. The van der Waals surface area contributed by atoms with E-state index >= 15 is 0 Å². The minimum absolute atomic E-state index is 0.00744. The number of carboxylic acid groups (broad SMARTS) is 1. The van der Waals surface area contributed by atoms with Crippen molar-refractivity contribution in [3.05, 3.63) is 28.9 Å². The lowest BCUT2D eigenvalue weighted by atomic mass is 10.1. The first-order valence-corrected chi connectivity index (χ1v) is 10.4. The fraction of sp³-hybridized carbons (Fsp3) is 0.526. The molecule has 2 N–H and O–H groups in total. The number of unbranched alkanes of at least 4 members (excludes halogenated alkanes) is 7. The van der Waals surface area contributed by atoms with Gasteiger partial charge in [-0.3, -0.25) is 14.5 Å². The van der Waals surface area contributed by atoms with Crippen LogP contribution in [0.25, 0.3) is 6.08 Å². The van der Waals surface area contributed by atoms with E-state index in [0.717, 1.165) is 57.1 Å². The van der Waals surface area contributed by atoms with Crippen LogP contribution in [-0.2, 0) is 9.59 Å². The van der Waals surface area contributed by atoms with E-state index in [4.69, 9.17) is 17.3 Å². The second-order valence-corrected chi connectivity index (χ2v) is 8.11. The Balaban J connectivity index is 1.57. The molecule has 0 unspecified atom stereocenters. The number of thiocarbonyl (C=S) groups is 1. The quantitative estimate of drug-likeness (QED) is 0.302. The highest BCUT2D eigenvalue weighted by Crippen LogP contribution is 2.32. The zero-order valence-corrected chi connectivity index (χ0v) is 16.5. The van der Waals surface area contributed by atoms with Crippen LogP contribution in [0, 0.1) is 0 Å². The first-order valence-electron chi connectivity index (χ1n) is 9.18. The number of hydrogen-bond acceptors (Lipinski definition) is 4. The molecule has 1 amide bonds. The molecule has 142 valence electrons. The predicted octanol–water partition coefficient (Wildman–Crippen LogP) is 4.81. The molecule has 26 heavy (non-hydrogen) atoms.